The normalized spacial score (nSPS) is 13.0. The number of hydrogen-bond donors (Lipinski definition) is 0. The van der Waals surface area contributed by atoms with Gasteiger partial charge >= 0.3 is 0 Å². The highest BCUT2D eigenvalue weighted by Gasteiger charge is 2.24. The van der Waals surface area contributed by atoms with Gasteiger partial charge in [0.25, 0.3) is 0 Å². The molecule has 0 aromatic heterocycles. The van der Waals surface area contributed by atoms with Crippen LogP contribution in [0.15, 0.2) is 42.5 Å². The fourth-order valence-electron chi connectivity index (χ4n) is 2.47. The number of rotatable bonds is 3. The van der Waals surface area contributed by atoms with Crippen LogP contribution in [0.3, 0.4) is 0 Å². The summed E-state index contributed by atoms with van der Waals surface area (Å²) in [7, 11) is 1.68. The number of hydrogen-bond acceptors (Lipinski definition) is 1. The molecule has 112 valence electrons. The van der Waals surface area contributed by atoms with Gasteiger partial charge in [-0.3, -0.25) is 0 Å². The van der Waals surface area contributed by atoms with Crippen LogP contribution in [-0.4, -0.2) is 7.11 Å². The smallest absolute Gasteiger partial charge is 0.123 e. The Labute approximate surface area is 140 Å². The van der Waals surface area contributed by atoms with Crippen LogP contribution in [0, 0.1) is 0 Å². The first kappa shape index (κ1) is 16.4. The van der Waals surface area contributed by atoms with Crippen molar-refractivity contribution in [3.05, 3.63) is 64.2 Å². The van der Waals surface area contributed by atoms with Crippen LogP contribution in [0.1, 0.15) is 42.3 Å². The van der Waals surface area contributed by atoms with Crippen LogP contribution in [-0.2, 0) is 5.41 Å². The molecule has 0 bridgehead atoms. The van der Waals surface area contributed by atoms with Gasteiger partial charge in [0, 0.05) is 10.6 Å². The van der Waals surface area contributed by atoms with E-state index in [0.29, 0.717) is 5.02 Å². The van der Waals surface area contributed by atoms with E-state index in [1.807, 2.05) is 18.2 Å². The summed E-state index contributed by atoms with van der Waals surface area (Å²) in [5.74, 6) is 0.838. The van der Waals surface area contributed by atoms with Crippen molar-refractivity contribution in [1.29, 1.82) is 0 Å². The van der Waals surface area contributed by atoms with Gasteiger partial charge in [-0.15, -0.1) is 0 Å². The minimum absolute atomic E-state index is 0.0431. The number of ether oxygens (including phenoxy) is 1. The van der Waals surface area contributed by atoms with Crippen molar-refractivity contribution in [2.75, 3.05) is 7.11 Å². The van der Waals surface area contributed by atoms with Crippen LogP contribution in [0.4, 0.5) is 0 Å². The highest BCUT2D eigenvalue weighted by Crippen LogP contribution is 2.41. The molecule has 0 heterocycles. The molecule has 0 spiro atoms. The van der Waals surface area contributed by atoms with E-state index in [1.165, 1.54) is 11.1 Å². The average molecular weight is 368 g/mol. The first-order valence-electron chi connectivity index (χ1n) is 6.91. The molecule has 2 rings (SSSR count). The van der Waals surface area contributed by atoms with Crippen LogP contribution in [0.2, 0.25) is 5.02 Å². The van der Waals surface area contributed by atoms with Gasteiger partial charge in [0.05, 0.1) is 11.9 Å². The maximum Gasteiger partial charge on any atom is 0.123 e. The summed E-state index contributed by atoms with van der Waals surface area (Å²) >= 11 is 9.98. The molecule has 21 heavy (non-hydrogen) atoms. The van der Waals surface area contributed by atoms with Crippen molar-refractivity contribution >= 4 is 27.5 Å². The third kappa shape index (κ3) is 3.61. The lowest BCUT2D eigenvalue weighted by atomic mass is 9.82. The summed E-state index contributed by atoms with van der Waals surface area (Å²) < 4.78 is 5.48. The van der Waals surface area contributed by atoms with Crippen molar-refractivity contribution in [3.63, 3.8) is 0 Å². The zero-order valence-electron chi connectivity index (χ0n) is 12.8. The average Bonchev–Trinajstić information content (AvgIpc) is 2.45. The molecule has 0 N–H and O–H groups in total. The first-order chi connectivity index (χ1) is 9.84. The standard InChI is InChI=1S/C18H20BrClO/c1-18(2,3)15-8-6-5-7-13(15)17(19)14-11-12(20)9-10-16(14)21-4/h5-11,17H,1-4H3. The van der Waals surface area contributed by atoms with Crippen LogP contribution < -0.4 is 4.74 Å². The second-order valence-electron chi connectivity index (χ2n) is 6.09. The lowest BCUT2D eigenvalue weighted by Crippen LogP contribution is -2.15. The van der Waals surface area contributed by atoms with Gasteiger partial charge in [-0.25, -0.2) is 0 Å². The molecule has 1 nitrogen and oxygen atoms in total. The summed E-state index contributed by atoms with van der Waals surface area (Å²) in [6, 6.07) is 14.2. The predicted molar refractivity (Wildman–Crippen MR) is 93.9 cm³/mol. The lowest BCUT2D eigenvalue weighted by molar-refractivity contribution is 0.410. The molecule has 0 aliphatic carbocycles. The number of methoxy groups -OCH3 is 1. The van der Waals surface area contributed by atoms with Crippen molar-refractivity contribution in [3.8, 4) is 5.75 Å². The molecule has 0 saturated carbocycles. The Kier molecular flexibility index (Phi) is 5.00. The Hall–Kier alpha value is -0.990. The third-order valence-corrected chi connectivity index (χ3v) is 4.73. The van der Waals surface area contributed by atoms with Gasteiger partial charge in [0.2, 0.25) is 0 Å². The topological polar surface area (TPSA) is 9.23 Å². The zero-order chi connectivity index (χ0) is 15.6. The number of alkyl halides is 1. The molecule has 0 radical (unpaired) electrons. The van der Waals surface area contributed by atoms with Crippen LogP contribution in [0.25, 0.3) is 0 Å². The zero-order valence-corrected chi connectivity index (χ0v) is 15.1. The Morgan fingerprint density at radius 3 is 2.33 bits per heavy atom. The molecule has 2 aromatic rings. The summed E-state index contributed by atoms with van der Waals surface area (Å²) in [5, 5.41) is 0.712. The van der Waals surface area contributed by atoms with Gasteiger partial charge < -0.3 is 4.74 Å². The van der Waals surface area contributed by atoms with E-state index >= 15 is 0 Å². The van der Waals surface area contributed by atoms with Crippen molar-refractivity contribution in [2.24, 2.45) is 0 Å². The van der Waals surface area contributed by atoms with E-state index in [0.717, 1.165) is 11.3 Å². The van der Waals surface area contributed by atoms with E-state index in [-0.39, 0.29) is 10.2 Å². The quantitative estimate of drug-likeness (QED) is 0.593. The second kappa shape index (κ2) is 6.41. The molecule has 3 heteroatoms. The molecular formula is C18H20BrClO. The molecule has 0 aliphatic heterocycles. The molecule has 1 unspecified atom stereocenters. The Bertz CT molecular complexity index is 631. The van der Waals surface area contributed by atoms with Gasteiger partial charge in [-0.1, -0.05) is 72.6 Å². The molecule has 0 fully saturated rings. The Balaban J connectivity index is 2.56. The van der Waals surface area contributed by atoms with Gasteiger partial charge in [0.1, 0.15) is 5.75 Å². The summed E-state index contributed by atoms with van der Waals surface area (Å²) in [6.07, 6.45) is 0. The summed E-state index contributed by atoms with van der Waals surface area (Å²) in [5.41, 5.74) is 3.68. The lowest BCUT2D eigenvalue weighted by Gasteiger charge is -2.26. The summed E-state index contributed by atoms with van der Waals surface area (Å²) in [4.78, 5) is 0.0431. The van der Waals surface area contributed by atoms with Crippen LogP contribution >= 0.6 is 27.5 Å². The molecule has 1 atom stereocenters. The minimum Gasteiger partial charge on any atom is -0.496 e. The minimum atomic E-state index is 0.0431. The number of benzene rings is 2. The molecule has 0 saturated heterocycles. The van der Waals surface area contributed by atoms with Gasteiger partial charge in [-0.05, 0) is 34.7 Å². The molecular weight excluding hydrogens is 348 g/mol. The highest BCUT2D eigenvalue weighted by atomic mass is 79.9. The third-order valence-electron chi connectivity index (χ3n) is 3.51. The van der Waals surface area contributed by atoms with E-state index in [4.69, 9.17) is 16.3 Å². The first-order valence-corrected chi connectivity index (χ1v) is 8.21. The predicted octanol–water partition coefficient (Wildman–Crippen LogP) is 6.13. The van der Waals surface area contributed by atoms with Crippen molar-refractivity contribution in [1.82, 2.24) is 0 Å². The van der Waals surface area contributed by atoms with Crippen molar-refractivity contribution < 1.29 is 4.74 Å². The molecule has 0 amide bonds. The second-order valence-corrected chi connectivity index (χ2v) is 7.44. The largest absolute Gasteiger partial charge is 0.496 e. The molecule has 0 aliphatic rings. The number of halogens is 2. The fourth-order valence-corrected chi connectivity index (χ4v) is 3.41. The van der Waals surface area contributed by atoms with E-state index < -0.39 is 0 Å². The highest BCUT2D eigenvalue weighted by molar-refractivity contribution is 9.09. The monoisotopic (exact) mass is 366 g/mol. The van der Waals surface area contributed by atoms with E-state index in [9.17, 15) is 0 Å². The van der Waals surface area contributed by atoms with E-state index in [2.05, 4.69) is 61.0 Å². The van der Waals surface area contributed by atoms with Crippen molar-refractivity contribution in [2.45, 2.75) is 31.0 Å². The maximum absolute atomic E-state index is 6.16. The SMILES string of the molecule is COc1ccc(Cl)cc1C(Br)c1ccccc1C(C)(C)C. The fraction of sp³-hybridized carbons (Fsp3) is 0.333. The van der Waals surface area contributed by atoms with Crippen LogP contribution in [0.5, 0.6) is 5.75 Å². The summed E-state index contributed by atoms with van der Waals surface area (Å²) in [6.45, 7) is 6.67. The maximum atomic E-state index is 6.16. The van der Waals surface area contributed by atoms with Gasteiger partial charge in [0.15, 0.2) is 0 Å². The molecule has 2 aromatic carbocycles. The van der Waals surface area contributed by atoms with E-state index in [1.54, 1.807) is 7.11 Å². The Morgan fingerprint density at radius 1 is 1.05 bits per heavy atom. The Morgan fingerprint density at radius 2 is 1.71 bits per heavy atom. The van der Waals surface area contributed by atoms with Gasteiger partial charge in [-0.2, -0.15) is 0 Å².